The maximum Gasteiger partial charge on any atom is 0.338 e. The quantitative estimate of drug-likeness (QED) is 0.567. The summed E-state index contributed by atoms with van der Waals surface area (Å²) in [6.07, 6.45) is 1.13. The lowest BCUT2D eigenvalue weighted by molar-refractivity contribution is -0.111. The zero-order valence-corrected chi connectivity index (χ0v) is 10.2. The van der Waals surface area contributed by atoms with Crippen molar-refractivity contribution in [2.75, 3.05) is 0 Å². The first-order valence-corrected chi connectivity index (χ1v) is 5.66. The molecule has 2 rings (SSSR count). The molecule has 4 N–H and O–H groups in total. The summed E-state index contributed by atoms with van der Waals surface area (Å²) in [5.74, 6) is -0.330. The largest absolute Gasteiger partial charge is 0.350 e. The van der Waals surface area contributed by atoms with E-state index in [-0.39, 0.29) is 5.82 Å². The highest BCUT2D eigenvalue weighted by atomic mass is 19.1. The Morgan fingerprint density at radius 1 is 1.53 bits per heavy atom. The number of rotatable bonds is 3. The van der Waals surface area contributed by atoms with Gasteiger partial charge in [0.25, 0.3) is 0 Å². The number of carbonyl (C=O) groups is 1. The van der Waals surface area contributed by atoms with Gasteiger partial charge in [-0.25, -0.2) is 14.2 Å². The molecule has 1 heterocycles. The van der Waals surface area contributed by atoms with Gasteiger partial charge in [-0.3, -0.25) is 15.5 Å². The number of hydrogen-bond donors (Lipinski definition) is 3. The topological polar surface area (TPSA) is 87.8 Å². The third-order valence-corrected chi connectivity index (χ3v) is 2.88. The Morgan fingerprint density at radius 3 is 2.74 bits per heavy atom. The number of amides is 2. The van der Waals surface area contributed by atoms with Crippen molar-refractivity contribution in [1.82, 2.24) is 10.5 Å². The van der Waals surface area contributed by atoms with Crippen molar-refractivity contribution in [3.63, 3.8) is 0 Å². The second-order valence-corrected chi connectivity index (χ2v) is 4.20. The zero-order valence-electron chi connectivity index (χ0n) is 10.2. The Kier molecular flexibility index (Phi) is 3.68. The number of benzene rings is 1. The van der Waals surface area contributed by atoms with Crippen LogP contribution in [0, 0.1) is 5.82 Å². The molecular weight excluding hydrogens is 253 g/mol. The molecule has 1 aliphatic rings. The molecule has 0 radical (unpaired) electrons. The molecule has 1 aromatic carbocycles. The van der Waals surface area contributed by atoms with Crippen LogP contribution in [0.2, 0.25) is 0 Å². The van der Waals surface area contributed by atoms with Gasteiger partial charge in [0.2, 0.25) is 0 Å². The fraction of sp³-hybridized carbons (Fsp3) is 0.250. The van der Waals surface area contributed by atoms with Crippen LogP contribution in [0.3, 0.4) is 0 Å². The van der Waals surface area contributed by atoms with E-state index in [1.807, 2.05) is 0 Å². The summed E-state index contributed by atoms with van der Waals surface area (Å²) in [5.41, 5.74) is 9.00. The van der Waals surface area contributed by atoms with Crippen LogP contribution in [0.25, 0.3) is 5.70 Å². The number of hydroxylamine groups is 3. The van der Waals surface area contributed by atoms with E-state index in [1.165, 1.54) is 12.1 Å². The molecule has 2 unspecified atom stereocenters. The monoisotopic (exact) mass is 267 g/mol. The van der Waals surface area contributed by atoms with Crippen molar-refractivity contribution in [1.29, 1.82) is 0 Å². The summed E-state index contributed by atoms with van der Waals surface area (Å²) in [6.45, 7) is 1.58. The molecule has 0 spiro atoms. The Bertz CT molecular complexity index is 503. The van der Waals surface area contributed by atoms with Crippen LogP contribution in [-0.2, 0) is 4.84 Å². The number of nitrogens with one attached hydrogen (secondary N) is 1. The van der Waals surface area contributed by atoms with Crippen LogP contribution in [0.4, 0.5) is 9.18 Å². The molecule has 0 bridgehead atoms. The van der Waals surface area contributed by atoms with Crippen molar-refractivity contribution in [2.45, 2.75) is 19.1 Å². The van der Waals surface area contributed by atoms with E-state index >= 15 is 0 Å². The Labute approximate surface area is 109 Å². The molecule has 102 valence electrons. The van der Waals surface area contributed by atoms with E-state index in [0.29, 0.717) is 10.8 Å². The summed E-state index contributed by atoms with van der Waals surface area (Å²) in [4.78, 5) is 16.1. The van der Waals surface area contributed by atoms with Gasteiger partial charge < -0.3 is 5.73 Å². The van der Waals surface area contributed by atoms with Gasteiger partial charge in [-0.2, -0.15) is 0 Å². The van der Waals surface area contributed by atoms with Gasteiger partial charge >= 0.3 is 6.03 Å². The minimum absolute atomic E-state index is 0.330. The van der Waals surface area contributed by atoms with Gasteiger partial charge in [0.1, 0.15) is 11.9 Å². The van der Waals surface area contributed by atoms with Crippen molar-refractivity contribution < 1.29 is 19.2 Å². The predicted octanol–water partition coefficient (Wildman–Crippen LogP) is 1.23. The first-order valence-electron chi connectivity index (χ1n) is 5.66. The van der Waals surface area contributed by atoms with Crippen molar-refractivity contribution in [2.24, 2.45) is 5.73 Å². The average molecular weight is 267 g/mol. The van der Waals surface area contributed by atoms with Crippen molar-refractivity contribution in [3.05, 3.63) is 41.7 Å². The molecule has 1 aromatic rings. The molecule has 6 nitrogen and oxygen atoms in total. The Hall–Kier alpha value is -2.12. The predicted molar refractivity (Wildman–Crippen MR) is 65.1 cm³/mol. The highest BCUT2D eigenvalue weighted by Gasteiger charge is 2.29. The van der Waals surface area contributed by atoms with Gasteiger partial charge in [0, 0.05) is 0 Å². The SMILES string of the molecule is CC(C1C=C(c2ccc(F)cc2)NO1)N(O)C(N)=O. The highest BCUT2D eigenvalue weighted by Crippen LogP contribution is 2.21. The molecule has 0 aliphatic carbocycles. The van der Waals surface area contributed by atoms with Crippen LogP contribution < -0.4 is 11.2 Å². The lowest BCUT2D eigenvalue weighted by Gasteiger charge is -2.23. The fourth-order valence-corrected chi connectivity index (χ4v) is 1.73. The van der Waals surface area contributed by atoms with Gasteiger partial charge in [-0.1, -0.05) is 0 Å². The summed E-state index contributed by atoms with van der Waals surface area (Å²) in [5, 5.41) is 9.82. The smallest absolute Gasteiger partial charge is 0.338 e. The number of hydrogen-bond acceptors (Lipinski definition) is 4. The van der Waals surface area contributed by atoms with Crippen LogP contribution >= 0.6 is 0 Å². The summed E-state index contributed by atoms with van der Waals surface area (Å²) >= 11 is 0. The number of nitrogens with two attached hydrogens (primary N) is 1. The van der Waals surface area contributed by atoms with Crippen LogP contribution in [-0.4, -0.2) is 28.4 Å². The van der Waals surface area contributed by atoms with E-state index in [9.17, 15) is 14.4 Å². The molecule has 7 heteroatoms. The summed E-state index contributed by atoms with van der Waals surface area (Å²) in [6, 6.07) is 4.24. The Morgan fingerprint density at radius 2 is 2.16 bits per heavy atom. The minimum Gasteiger partial charge on any atom is -0.350 e. The van der Waals surface area contributed by atoms with E-state index in [4.69, 9.17) is 10.6 Å². The number of carbonyl (C=O) groups excluding carboxylic acids is 1. The van der Waals surface area contributed by atoms with Crippen LogP contribution in [0.15, 0.2) is 30.3 Å². The fourth-order valence-electron chi connectivity index (χ4n) is 1.73. The molecule has 1 aliphatic heterocycles. The van der Waals surface area contributed by atoms with Gasteiger partial charge in [0.15, 0.2) is 0 Å². The molecular formula is C12H14FN3O3. The normalized spacial score (nSPS) is 19.5. The number of primary amides is 1. The molecule has 0 saturated carbocycles. The molecule has 19 heavy (non-hydrogen) atoms. The second-order valence-electron chi connectivity index (χ2n) is 4.20. The summed E-state index contributed by atoms with van der Waals surface area (Å²) in [7, 11) is 0. The maximum atomic E-state index is 12.8. The van der Waals surface area contributed by atoms with Gasteiger partial charge in [-0.15, -0.1) is 0 Å². The minimum atomic E-state index is -0.959. The second kappa shape index (κ2) is 5.25. The third-order valence-electron chi connectivity index (χ3n) is 2.88. The maximum absolute atomic E-state index is 12.8. The lowest BCUT2D eigenvalue weighted by atomic mass is 10.1. The van der Waals surface area contributed by atoms with Gasteiger partial charge in [0.05, 0.1) is 11.7 Å². The Balaban J connectivity index is 2.12. The molecule has 2 amide bonds. The zero-order chi connectivity index (χ0) is 14.0. The molecule has 2 atom stereocenters. The number of nitrogens with zero attached hydrogens (tertiary/aromatic N) is 1. The van der Waals surface area contributed by atoms with E-state index in [0.717, 1.165) is 5.56 Å². The number of urea groups is 1. The van der Waals surface area contributed by atoms with Gasteiger partial charge in [-0.05, 0) is 42.8 Å². The lowest BCUT2D eigenvalue weighted by Crippen LogP contribution is -2.45. The number of halogens is 1. The molecule has 0 aromatic heterocycles. The first kappa shape index (κ1) is 13.3. The standard InChI is InChI=1S/C12H14FN3O3/c1-7(16(18)12(14)17)11-6-10(15-19-11)8-2-4-9(13)5-3-8/h2-7,11,15,18H,1H3,(H2,14,17). The molecule has 0 saturated heterocycles. The highest BCUT2D eigenvalue weighted by molar-refractivity contribution is 5.71. The van der Waals surface area contributed by atoms with Crippen molar-refractivity contribution >= 4 is 11.7 Å². The third kappa shape index (κ3) is 2.83. The van der Waals surface area contributed by atoms with Crippen molar-refractivity contribution in [3.8, 4) is 0 Å². The average Bonchev–Trinajstić information content (AvgIpc) is 2.87. The first-order chi connectivity index (χ1) is 8.99. The van der Waals surface area contributed by atoms with E-state index < -0.39 is 18.2 Å². The van der Waals surface area contributed by atoms with Crippen LogP contribution in [0.5, 0.6) is 0 Å². The van der Waals surface area contributed by atoms with E-state index in [2.05, 4.69) is 5.48 Å². The summed E-state index contributed by atoms with van der Waals surface area (Å²) < 4.78 is 12.8. The molecule has 0 fully saturated rings. The van der Waals surface area contributed by atoms with Crippen LogP contribution in [0.1, 0.15) is 12.5 Å². The van der Waals surface area contributed by atoms with E-state index in [1.54, 1.807) is 25.1 Å².